The molecule has 0 bridgehead atoms. The van der Waals surface area contributed by atoms with Crippen LogP contribution in [0.4, 0.5) is 24.5 Å². The summed E-state index contributed by atoms with van der Waals surface area (Å²) in [4.78, 5) is 22.8. The molecular formula is C22H20F3N5O. The summed E-state index contributed by atoms with van der Waals surface area (Å²) in [6, 6.07) is 7.17. The molecule has 9 heteroatoms. The van der Waals surface area contributed by atoms with Gasteiger partial charge in [0.2, 0.25) is 0 Å². The van der Waals surface area contributed by atoms with Gasteiger partial charge >= 0.3 is 0 Å². The summed E-state index contributed by atoms with van der Waals surface area (Å²) in [5.74, 6) is -3.49. The SMILES string of the molecule is NC1CCCN(c2ccncc2NC(=O)c2nc(-c3c(F)cccc3F)ccc2F)C1. The molecule has 31 heavy (non-hydrogen) atoms. The molecule has 0 saturated carbocycles. The fourth-order valence-electron chi connectivity index (χ4n) is 3.65. The number of benzene rings is 1. The maximum Gasteiger partial charge on any atom is 0.277 e. The second-order valence-electron chi connectivity index (χ2n) is 7.32. The second-order valence-corrected chi connectivity index (χ2v) is 7.32. The van der Waals surface area contributed by atoms with E-state index in [-0.39, 0.29) is 11.7 Å². The highest BCUT2D eigenvalue weighted by Crippen LogP contribution is 2.29. The van der Waals surface area contributed by atoms with Crippen molar-refractivity contribution >= 4 is 17.3 Å². The summed E-state index contributed by atoms with van der Waals surface area (Å²) in [6.45, 7) is 1.37. The summed E-state index contributed by atoms with van der Waals surface area (Å²) < 4.78 is 42.6. The van der Waals surface area contributed by atoms with Crippen LogP contribution in [0.1, 0.15) is 23.3 Å². The third kappa shape index (κ3) is 4.36. The Morgan fingerprint density at radius 3 is 2.61 bits per heavy atom. The van der Waals surface area contributed by atoms with Gasteiger partial charge in [-0.25, -0.2) is 18.2 Å². The van der Waals surface area contributed by atoms with Crippen molar-refractivity contribution in [1.82, 2.24) is 9.97 Å². The van der Waals surface area contributed by atoms with Gasteiger partial charge in [-0.15, -0.1) is 0 Å². The lowest BCUT2D eigenvalue weighted by Crippen LogP contribution is -2.43. The summed E-state index contributed by atoms with van der Waals surface area (Å²) in [6.07, 6.45) is 4.86. The van der Waals surface area contributed by atoms with Gasteiger partial charge in [0, 0.05) is 25.3 Å². The number of hydrogen-bond donors (Lipinski definition) is 2. The van der Waals surface area contributed by atoms with Crippen molar-refractivity contribution in [2.45, 2.75) is 18.9 Å². The maximum absolute atomic E-state index is 14.4. The Morgan fingerprint density at radius 1 is 1.10 bits per heavy atom. The van der Waals surface area contributed by atoms with Crippen LogP contribution in [-0.2, 0) is 0 Å². The van der Waals surface area contributed by atoms with Crippen molar-refractivity contribution in [3.05, 3.63) is 71.9 Å². The number of nitrogens with two attached hydrogens (primary N) is 1. The lowest BCUT2D eigenvalue weighted by Gasteiger charge is -2.33. The van der Waals surface area contributed by atoms with Gasteiger partial charge in [0.25, 0.3) is 5.91 Å². The molecule has 3 N–H and O–H groups in total. The number of halogens is 3. The first-order chi connectivity index (χ1) is 14.9. The minimum absolute atomic E-state index is 0.0110. The molecule has 1 aliphatic rings. The Hall–Kier alpha value is -3.46. The standard InChI is InChI=1S/C22H20F3N5O/c23-14-4-1-5-15(24)20(14)17-7-6-16(25)21(28-17)22(31)29-18-11-27-9-8-19(18)30-10-2-3-13(26)12-30/h1,4-9,11,13H,2-3,10,12,26H2,(H,29,31). The number of hydrogen-bond acceptors (Lipinski definition) is 5. The van der Waals surface area contributed by atoms with E-state index >= 15 is 0 Å². The largest absolute Gasteiger partial charge is 0.368 e. The van der Waals surface area contributed by atoms with Gasteiger partial charge in [-0.2, -0.15) is 0 Å². The van der Waals surface area contributed by atoms with Crippen molar-refractivity contribution in [2.24, 2.45) is 5.73 Å². The molecule has 0 spiro atoms. The number of carbonyl (C=O) groups is 1. The first-order valence-corrected chi connectivity index (χ1v) is 9.81. The molecule has 1 unspecified atom stereocenters. The molecule has 1 saturated heterocycles. The Morgan fingerprint density at radius 2 is 1.87 bits per heavy atom. The zero-order valence-electron chi connectivity index (χ0n) is 16.5. The highest BCUT2D eigenvalue weighted by atomic mass is 19.1. The van der Waals surface area contributed by atoms with E-state index in [0.29, 0.717) is 17.9 Å². The number of nitrogens with zero attached hydrogens (tertiary/aromatic N) is 3. The fraction of sp³-hybridized carbons (Fsp3) is 0.227. The van der Waals surface area contributed by atoms with Gasteiger partial charge in [0.05, 0.1) is 28.8 Å². The molecule has 0 aliphatic carbocycles. The number of piperidine rings is 1. The molecule has 6 nitrogen and oxygen atoms in total. The van der Waals surface area contributed by atoms with E-state index < -0.39 is 34.6 Å². The Balaban J connectivity index is 1.65. The molecule has 1 atom stereocenters. The highest BCUT2D eigenvalue weighted by Gasteiger charge is 2.23. The summed E-state index contributed by atoms with van der Waals surface area (Å²) in [5, 5.41) is 2.61. The van der Waals surface area contributed by atoms with Crippen molar-refractivity contribution in [3.63, 3.8) is 0 Å². The Bertz CT molecular complexity index is 1100. The number of anilines is 2. The number of nitrogens with one attached hydrogen (secondary N) is 1. The quantitative estimate of drug-likeness (QED) is 0.663. The van der Waals surface area contributed by atoms with Crippen molar-refractivity contribution < 1.29 is 18.0 Å². The van der Waals surface area contributed by atoms with Crippen LogP contribution in [-0.4, -0.2) is 35.0 Å². The van der Waals surface area contributed by atoms with Gasteiger partial charge in [-0.05, 0) is 43.2 Å². The first kappa shape index (κ1) is 20.8. The van der Waals surface area contributed by atoms with Crippen molar-refractivity contribution in [1.29, 1.82) is 0 Å². The predicted molar refractivity (Wildman–Crippen MR) is 111 cm³/mol. The fourth-order valence-corrected chi connectivity index (χ4v) is 3.65. The minimum atomic E-state index is -0.913. The van der Waals surface area contributed by atoms with E-state index in [9.17, 15) is 18.0 Å². The highest BCUT2D eigenvalue weighted by molar-refractivity contribution is 6.05. The molecule has 1 fully saturated rings. The lowest BCUT2D eigenvalue weighted by atomic mass is 10.1. The molecule has 160 valence electrons. The van der Waals surface area contributed by atoms with Crippen LogP contribution in [0.5, 0.6) is 0 Å². The third-order valence-electron chi connectivity index (χ3n) is 5.12. The van der Waals surface area contributed by atoms with Gasteiger partial charge in [-0.1, -0.05) is 6.07 Å². The van der Waals surface area contributed by atoms with Gasteiger partial charge in [0.1, 0.15) is 11.6 Å². The van der Waals surface area contributed by atoms with E-state index in [2.05, 4.69) is 15.3 Å². The Labute approximate surface area is 176 Å². The van der Waals surface area contributed by atoms with E-state index in [1.54, 1.807) is 12.3 Å². The van der Waals surface area contributed by atoms with Gasteiger partial charge in [0.15, 0.2) is 11.5 Å². The van der Waals surface area contributed by atoms with Crippen LogP contribution in [0.15, 0.2) is 48.8 Å². The molecular weight excluding hydrogens is 407 g/mol. The van der Waals surface area contributed by atoms with Crippen LogP contribution in [0, 0.1) is 17.5 Å². The zero-order chi connectivity index (χ0) is 22.0. The van der Waals surface area contributed by atoms with Crippen LogP contribution in [0.25, 0.3) is 11.3 Å². The number of pyridine rings is 2. The topological polar surface area (TPSA) is 84.1 Å². The average Bonchev–Trinajstić information content (AvgIpc) is 2.75. The van der Waals surface area contributed by atoms with Crippen molar-refractivity contribution in [2.75, 3.05) is 23.3 Å². The monoisotopic (exact) mass is 427 g/mol. The average molecular weight is 427 g/mol. The van der Waals surface area contributed by atoms with Gasteiger partial charge < -0.3 is 16.0 Å². The molecule has 2 aromatic heterocycles. The predicted octanol–water partition coefficient (Wildman–Crippen LogP) is 3.74. The first-order valence-electron chi connectivity index (χ1n) is 9.81. The molecule has 4 rings (SSSR count). The summed E-state index contributed by atoms with van der Waals surface area (Å²) in [7, 11) is 0. The van der Waals surface area contributed by atoms with Crippen LogP contribution < -0.4 is 16.0 Å². The van der Waals surface area contributed by atoms with Crippen LogP contribution in [0.3, 0.4) is 0 Å². The summed E-state index contributed by atoms with van der Waals surface area (Å²) in [5.41, 5.74) is 5.93. The summed E-state index contributed by atoms with van der Waals surface area (Å²) >= 11 is 0. The molecule has 3 heterocycles. The molecule has 3 aromatic rings. The molecule has 1 aromatic carbocycles. The maximum atomic E-state index is 14.4. The molecule has 1 amide bonds. The normalized spacial score (nSPS) is 16.3. The van der Waals surface area contributed by atoms with E-state index in [4.69, 9.17) is 5.73 Å². The second kappa shape index (κ2) is 8.73. The van der Waals surface area contributed by atoms with Crippen LogP contribution >= 0.6 is 0 Å². The van der Waals surface area contributed by atoms with Crippen LogP contribution in [0.2, 0.25) is 0 Å². The number of carbonyl (C=O) groups excluding carboxylic acids is 1. The van der Waals surface area contributed by atoms with Gasteiger partial charge in [-0.3, -0.25) is 9.78 Å². The van der Waals surface area contributed by atoms with E-state index in [1.165, 1.54) is 12.3 Å². The molecule has 1 aliphatic heterocycles. The third-order valence-corrected chi connectivity index (χ3v) is 5.12. The van der Waals surface area contributed by atoms with Crippen molar-refractivity contribution in [3.8, 4) is 11.3 Å². The van der Waals surface area contributed by atoms with E-state index in [1.807, 2.05) is 4.90 Å². The molecule has 0 radical (unpaired) electrons. The Kier molecular flexibility index (Phi) is 5.85. The number of rotatable bonds is 4. The lowest BCUT2D eigenvalue weighted by molar-refractivity contribution is 0.101. The minimum Gasteiger partial charge on any atom is -0.368 e. The smallest absolute Gasteiger partial charge is 0.277 e. The van der Waals surface area contributed by atoms with E-state index in [0.717, 1.165) is 43.7 Å². The zero-order valence-corrected chi connectivity index (χ0v) is 16.5. The number of aromatic nitrogens is 2. The number of amides is 1.